The summed E-state index contributed by atoms with van der Waals surface area (Å²) in [5.74, 6) is 1.09. The molecule has 2 aromatic heterocycles. The molecule has 3 heterocycles. The van der Waals surface area contributed by atoms with E-state index >= 15 is 0 Å². The molecule has 3 aromatic rings. The number of anilines is 3. The predicted octanol–water partition coefficient (Wildman–Crippen LogP) is 4.89. The molecule has 0 bridgehead atoms. The van der Waals surface area contributed by atoms with Crippen molar-refractivity contribution in [3.05, 3.63) is 76.8 Å². The molecule has 38 heavy (non-hydrogen) atoms. The SMILES string of the molecule is C=CCn1c(=O)c2cnc(Nc3ccc(N4CCN(C)CC4)cc3)nc2n1C1C=C2C(=CC1)CCC2CC. The first-order chi connectivity index (χ1) is 18.6. The molecule has 8 nitrogen and oxygen atoms in total. The Morgan fingerprint density at radius 2 is 1.95 bits per heavy atom. The maximum atomic E-state index is 13.4. The minimum absolute atomic E-state index is 0.0386. The summed E-state index contributed by atoms with van der Waals surface area (Å²) in [4.78, 5) is 27.5. The lowest BCUT2D eigenvalue weighted by molar-refractivity contribution is 0.313. The van der Waals surface area contributed by atoms with Crippen LogP contribution in [0.3, 0.4) is 0 Å². The third kappa shape index (κ3) is 4.47. The van der Waals surface area contributed by atoms with Gasteiger partial charge in [0.2, 0.25) is 5.95 Å². The minimum Gasteiger partial charge on any atom is -0.369 e. The Balaban J connectivity index is 1.31. The maximum Gasteiger partial charge on any atom is 0.278 e. The van der Waals surface area contributed by atoms with Crippen molar-refractivity contribution in [3.63, 3.8) is 0 Å². The summed E-state index contributed by atoms with van der Waals surface area (Å²) in [6.45, 7) is 10.8. The number of hydrogen-bond acceptors (Lipinski definition) is 6. The van der Waals surface area contributed by atoms with E-state index in [0.717, 1.165) is 51.1 Å². The lowest BCUT2D eigenvalue weighted by atomic mass is 9.91. The van der Waals surface area contributed by atoms with Gasteiger partial charge in [-0.15, -0.1) is 6.58 Å². The first-order valence-electron chi connectivity index (χ1n) is 13.9. The summed E-state index contributed by atoms with van der Waals surface area (Å²) < 4.78 is 3.82. The Kier molecular flexibility index (Phi) is 6.66. The molecule has 8 heteroatoms. The lowest BCUT2D eigenvalue weighted by Gasteiger charge is -2.34. The van der Waals surface area contributed by atoms with Gasteiger partial charge in [-0.05, 0) is 74.1 Å². The topological polar surface area (TPSA) is 71.2 Å². The van der Waals surface area contributed by atoms with Crippen molar-refractivity contribution in [2.24, 2.45) is 5.92 Å². The van der Waals surface area contributed by atoms with Crippen molar-refractivity contribution in [1.29, 1.82) is 0 Å². The van der Waals surface area contributed by atoms with Crippen LogP contribution in [-0.4, -0.2) is 57.5 Å². The van der Waals surface area contributed by atoms with Crippen LogP contribution in [0.25, 0.3) is 11.0 Å². The number of allylic oxidation sites excluding steroid dienone is 5. The van der Waals surface area contributed by atoms with E-state index in [1.165, 1.54) is 23.3 Å². The molecule has 1 saturated carbocycles. The molecular formula is C30H37N7O. The van der Waals surface area contributed by atoms with E-state index in [-0.39, 0.29) is 11.6 Å². The smallest absolute Gasteiger partial charge is 0.278 e. The molecule has 0 spiro atoms. The van der Waals surface area contributed by atoms with Crippen molar-refractivity contribution >= 4 is 28.4 Å². The van der Waals surface area contributed by atoms with Crippen LogP contribution in [-0.2, 0) is 6.54 Å². The number of aromatic nitrogens is 4. The molecule has 1 saturated heterocycles. The molecule has 198 valence electrons. The van der Waals surface area contributed by atoms with E-state index in [9.17, 15) is 4.79 Å². The van der Waals surface area contributed by atoms with Crippen LogP contribution in [0.5, 0.6) is 0 Å². The Labute approximate surface area is 224 Å². The average Bonchev–Trinajstić information content (AvgIpc) is 3.47. The number of likely N-dealkylation sites (N-methyl/N-ethyl adjacent to an activating group) is 1. The van der Waals surface area contributed by atoms with E-state index in [0.29, 0.717) is 29.4 Å². The summed E-state index contributed by atoms with van der Waals surface area (Å²) in [7, 11) is 2.17. The molecule has 0 amide bonds. The lowest BCUT2D eigenvalue weighted by Crippen LogP contribution is -2.44. The van der Waals surface area contributed by atoms with Gasteiger partial charge in [0, 0.05) is 43.8 Å². The predicted molar refractivity (Wildman–Crippen MR) is 154 cm³/mol. The summed E-state index contributed by atoms with van der Waals surface area (Å²) in [5.41, 5.74) is 5.68. The highest BCUT2D eigenvalue weighted by molar-refractivity contribution is 5.76. The summed E-state index contributed by atoms with van der Waals surface area (Å²) in [6, 6.07) is 8.47. The zero-order valence-corrected chi connectivity index (χ0v) is 22.4. The largest absolute Gasteiger partial charge is 0.369 e. The van der Waals surface area contributed by atoms with Crippen molar-refractivity contribution in [2.75, 3.05) is 43.4 Å². The molecule has 1 aliphatic heterocycles. The fraction of sp³-hybridized carbons (Fsp3) is 0.433. The van der Waals surface area contributed by atoms with E-state index in [1.807, 2.05) is 0 Å². The van der Waals surface area contributed by atoms with Crippen LogP contribution in [0.15, 0.2) is 71.2 Å². The van der Waals surface area contributed by atoms with Gasteiger partial charge >= 0.3 is 0 Å². The fourth-order valence-electron chi connectivity index (χ4n) is 6.18. The van der Waals surface area contributed by atoms with Crippen molar-refractivity contribution in [1.82, 2.24) is 24.2 Å². The van der Waals surface area contributed by atoms with Gasteiger partial charge in [0.1, 0.15) is 5.39 Å². The number of piperazine rings is 1. The number of rotatable bonds is 7. The first kappa shape index (κ1) is 24.7. The van der Waals surface area contributed by atoms with Crippen molar-refractivity contribution in [3.8, 4) is 0 Å². The second kappa shape index (κ2) is 10.3. The number of benzene rings is 1. The third-order valence-electron chi connectivity index (χ3n) is 8.36. The number of nitrogens with one attached hydrogen (secondary N) is 1. The van der Waals surface area contributed by atoms with Crippen LogP contribution in [0.2, 0.25) is 0 Å². The molecule has 6 rings (SSSR count). The van der Waals surface area contributed by atoms with Gasteiger partial charge in [-0.2, -0.15) is 4.98 Å². The molecule has 3 aliphatic rings. The highest BCUT2D eigenvalue weighted by Crippen LogP contribution is 2.43. The molecule has 2 unspecified atom stereocenters. The second-order valence-corrected chi connectivity index (χ2v) is 10.7. The zero-order valence-electron chi connectivity index (χ0n) is 22.4. The normalized spacial score (nSPS) is 21.8. The summed E-state index contributed by atoms with van der Waals surface area (Å²) in [5, 5.41) is 3.89. The fourth-order valence-corrected chi connectivity index (χ4v) is 6.18. The molecular weight excluding hydrogens is 474 g/mol. The van der Waals surface area contributed by atoms with E-state index in [4.69, 9.17) is 4.98 Å². The van der Waals surface area contributed by atoms with Gasteiger partial charge in [-0.25, -0.2) is 9.67 Å². The molecule has 0 radical (unpaired) electrons. The molecule has 1 aromatic carbocycles. The quantitative estimate of drug-likeness (QED) is 0.456. The molecule has 1 N–H and O–H groups in total. The average molecular weight is 512 g/mol. The van der Waals surface area contributed by atoms with Gasteiger partial charge in [0.05, 0.1) is 12.6 Å². The zero-order chi connectivity index (χ0) is 26.2. The minimum atomic E-state index is -0.0744. The second-order valence-electron chi connectivity index (χ2n) is 10.7. The number of nitrogens with zero attached hydrogens (tertiary/aromatic N) is 6. The van der Waals surface area contributed by atoms with Crippen LogP contribution in [0.1, 0.15) is 38.6 Å². The maximum absolute atomic E-state index is 13.4. The van der Waals surface area contributed by atoms with E-state index < -0.39 is 0 Å². The van der Waals surface area contributed by atoms with E-state index in [1.54, 1.807) is 17.0 Å². The molecule has 2 atom stereocenters. The summed E-state index contributed by atoms with van der Waals surface area (Å²) >= 11 is 0. The standard InChI is InChI=1S/C30H37N7O/c1-4-14-36-29(38)27-20-31-30(32-23-9-12-24(13-10-23)35-17-15-34(3)16-18-35)33-28(27)37(36)25-11-8-22-7-6-21(5-2)26(22)19-25/h4,8-10,12-13,19-21,25H,1,5-7,11,14-18H2,2-3H3,(H,31,32,33). The molecule has 2 aliphatic carbocycles. The van der Waals surface area contributed by atoms with Gasteiger partial charge in [-0.3, -0.25) is 9.48 Å². The molecule has 2 fully saturated rings. The Morgan fingerprint density at radius 1 is 1.16 bits per heavy atom. The monoisotopic (exact) mass is 511 g/mol. The number of fused-ring (bicyclic) bond motifs is 2. The highest BCUT2D eigenvalue weighted by atomic mass is 16.1. The summed E-state index contributed by atoms with van der Waals surface area (Å²) in [6.07, 6.45) is 12.6. The Hall–Kier alpha value is -3.65. The van der Waals surface area contributed by atoms with Crippen molar-refractivity contribution < 1.29 is 0 Å². The van der Waals surface area contributed by atoms with Gasteiger partial charge < -0.3 is 15.1 Å². The van der Waals surface area contributed by atoms with Gasteiger partial charge in [0.25, 0.3) is 5.56 Å². The van der Waals surface area contributed by atoms with Gasteiger partial charge in [0.15, 0.2) is 5.65 Å². The van der Waals surface area contributed by atoms with Crippen molar-refractivity contribution in [2.45, 2.75) is 45.2 Å². The van der Waals surface area contributed by atoms with Crippen LogP contribution in [0, 0.1) is 5.92 Å². The van der Waals surface area contributed by atoms with Crippen LogP contribution in [0.4, 0.5) is 17.3 Å². The van der Waals surface area contributed by atoms with Crippen LogP contribution < -0.4 is 15.8 Å². The Bertz CT molecular complexity index is 1450. The number of hydrogen-bond donors (Lipinski definition) is 1. The van der Waals surface area contributed by atoms with E-state index in [2.05, 4.69) is 81.8 Å². The Morgan fingerprint density at radius 3 is 2.68 bits per heavy atom. The van der Waals surface area contributed by atoms with Gasteiger partial charge in [-0.1, -0.05) is 25.2 Å². The first-order valence-corrected chi connectivity index (χ1v) is 13.9. The van der Waals surface area contributed by atoms with Crippen LogP contribution >= 0.6 is 0 Å². The third-order valence-corrected chi connectivity index (χ3v) is 8.36. The highest BCUT2D eigenvalue weighted by Gasteiger charge is 2.30.